The molecule has 2 aliphatic rings. The zero-order chi connectivity index (χ0) is 15.8. The van der Waals surface area contributed by atoms with Crippen LogP contribution in [0.25, 0.3) is 0 Å². The van der Waals surface area contributed by atoms with Crippen LogP contribution in [0.15, 0.2) is 0 Å². The highest BCUT2D eigenvalue weighted by Crippen LogP contribution is 2.38. The molecule has 3 atom stereocenters. The van der Waals surface area contributed by atoms with Gasteiger partial charge < -0.3 is 20.0 Å². The number of hydrogen-bond donors (Lipinski definition) is 2. The molecular formula is C15H26N2O4. The maximum absolute atomic E-state index is 12.5. The van der Waals surface area contributed by atoms with Crippen molar-refractivity contribution in [2.24, 2.45) is 17.3 Å². The van der Waals surface area contributed by atoms with Crippen LogP contribution >= 0.6 is 0 Å². The van der Waals surface area contributed by atoms with Crippen molar-refractivity contribution < 1.29 is 19.8 Å². The number of urea groups is 1. The van der Waals surface area contributed by atoms with E-state index in [1.54, 1.807) is 9.80 Å². The fraction of sp³-hybridized carbons (Fsp3) is 0.867. The summed E-state index contributed by atoms with van der Waals surface area (Å²) in [6.07, 6.45) is 0.799. The molecule has 0 bridgehead atoms. The molecular weight excluding hydrogens is 272 g/mol. The van der Waals surface area contributed by atoms with Crippen LogP contribution in [0.5, 0.6) is 0 Å². The van der Waals surface area contributed by atoms with Gasteiger partial charge in [-0.25, -0.2) is 4.79 Å². The zero-order valence-corrected chi connectivity index (χ0v) is 13.1. The van der Waals surface area contributed by atoms with E-state index >= 15 is 0 Å². The number of piperidine rings is 1. The van der Waals surface area contributed by atoms with E-state index in [-0.39, 0.29) is 24.4 Å². The van der Waals surface area contributed by atoms with Gasteiger partial charge in [0.1, 0.15) is 0 Å². The lowest BCUT2D eigenvalue weighted by Crippen LogP contribution is -2.51. The van der Waals surface area contributed by atoms with E-state index < -0.39 is 17.5 Å². The van der Waals surface area contributed by atoms with Crippen LogP contribution in [0.1, 0.15) is 33.6 Å². The summed E-state index contributed by atoms with van der Waals surface area (Å²) in [6, 6.07) is -0.135. The first-order valence-electron chi connectivity index (χ1n) is 7.73. The van der Waals surface area contributed by atoms with Crippen molar-refractivity contribution in [2.45, 2.75) is 39.7 Å². The molecule has 21 heavy (non-hydrogen) atoms. The van der Waals surface area contributed by atoms with E-state index in [2.05, 4.69) is 0 Å². The van der Waals surface area contributed by atoms with Crippen LogP contribution in [0.2, 0.25) is 0 Å². The van der Waals surface area contributed by atoms with E-state index in [4.69, 9.17) is 0 Å². The molecule has 0 aliphatic carbocycles. The quantitative estimate of drug-likeness (QED) is 0.804. The summed E-state index contributed by atoms with van der Waals surface area (Å²) in [5.74, 6) is -0.624. The van der Waals surface area contributed by atoms with Gasteiger partial charge in [-0.05, 0) is 24.7 Å². The van der Waals surface area contributed by atoms with Gasteiger partial charge in [0.05, 0.1) is 11.5 Å². The number of aliphatic hydroxyl groups is 1. The van der Waals surface area contributed by atoms with Gasteiger partial charge in [-0.1, -0.05) is 20.8 Å². The molecule has 2 aliphatic heterocycles. The maximum atomic E-state index is 12.5. The molecule has 2 fully saturated rings. The third-order valence-electron chi connectivity index (χ3n) is 5.29. The van der Waals surface area contributed by atoms with Gasteiger partial charge in [-0.2, -0.15) is 0 Å². The van der Waals surface area contributed by atoms with Crippen LogP contribution in [0.4, 0.5) is 4.79 Å². The topological polar surface area (TPSA) is 81.1 Å². The van der Waals surface area contributed by atoms with E-state index in [9.17, 15) is 19.8 Å². The molecule has 2 amide bonds. The molecule has 6 nitrogen and oxygen atoms in total. The van der Waals surface area contributed by atoms with E-state index in [0.717, 1.165) is 6.42 Å². The Labute approximate surface area is 125 Å². The van der Waals surface area contributed by atoms with Crippen molar-refractivity contribution in [3.63, 3.8) is 0 Å². The van der Waals surface area contributed by atoms with E-state index in [1.165, 1.54) is 0 Å². The Bertz CT molecular complexity index is 426. The van der Waals surface area contributed by atoms with Gasteiger partial charge in [0.2, 0.25) is 0 Å². The Kier molecular flexibility index (Phi) is 4.46. The van der Waals surface area contributed by atoms with Crippen LogP contribution in [0, 0.1) is 17.3 Å². The zero-order valence-electron chi connectivity index (χ0n) is 13.1. The number of β-amino-alcohol motifs (C(OH)–C–C–N with tert-alkyl or cyclic N) is 1. The average Bonchev–Trinajstić information content (AvgIpc) is 2.87. The molecule has 2 saturated heterocycles. The van der Waals surface area contributed by atoms with Crippen molar-refractivity contribution in [3.8, 4) is 0 Å². The number of aliphatic hydroxyl groups excluding tert-OH is 1. The van der Waals surface area contributed by atoms with Crippen LogP contribution in [-0.2, 0) is 4.79 Å². The Morgan fingerprint density at radius 1 is 1.24 bits per heavy atom. The summed E-state index contributed by atoms with van der Waals surface area (Å²) in [6.45, 7) is 7.50. The fourth-order valence-corrected chi connectivity index (χ4v) is 3.31. The summed E-state index contributed by atoms with van der Waals surface area (Å²) < 4.78 is 0. The molecule has 0 aromatic carbocycles. The Morgan fingerprint density at radius 3 is 2.38 bits per heavy atom. The number of aliphatic carboxylic acids is 1. The van der Waals surface area contributed by atoms with Crippen LogP contribution < -0.4 is 0 Å². The van der Waals surface area contributed by atoms with Gasteiger partial charge in [-0.15, -0.1) is 0 Å². The molecule has 6 heteroatoms. The standard InChI is InChI=1S/C15H26N2O4/c1-10(2)15(13(19)20)5-7-17(9-15)14(21)16-6-4-11(3)12(18)8-16/h10-12,18H,4-9H2,1-3H3,(H,19,20). The van der Waals surface area contributed by atoms with Gasteiger partial charge in [0, 0.05) is 26.2 Å². The van der Waals surface area contributed by atoms with Gasteiger partial charge in [-0.3, -0.25) is 4.79 Å². The monoisotopic (exact) mass is 298 g/mol. The van der Waals surface area contributed by atoms with Crippen molar-refractivity contribution in [1.29, 1.82) is 0 Å². The highest BCUT2D eigenvalue weighted by atomic mass is 16.4. The highest BCUT2D eigenvalue weighted by molar-refractivity contribution is 5.80. The smallest absolute Gasteiger partial charge is 0.320 e. The average molecular weight is 298 g/mol. The van der Waals surface area contributed by atoms with Gasteiger partial charge >= 0.3 is 12.0 Å². The first-order chi connectivity index (χ1) is 9.78. The SMILES string of the molecule is CC1CCN(C(=O)N2CCC(C(=O)O)(C(C)C)C2)CC1O. The third-order valence-corrected chi connectivity index (χ3v) is 5.29. The van der Waals surface area contributed by atoms with E-state index in [0.29, 0.717) is 26.1 Å². The third kappa shape index (κ3) is 2.86. The predicted molar refractivity (Wildman–Crippen MR) is 77.9 cm³/mol. The fourth-order valence-electron chi connectivity index (χ4n) is 3.31. The summed E-state index contributed by atoms with van der Waals surface area (Å²) in [7, 11) is 0. The first kappa shape index (κ1) is 16.1. The first-order valence-corrected chi connectivity index (χ1v) is 7.73. The second-order valence-corrected chi connectivity index (χ2v) is 6.85. The summed E-state index contributed by atoms with van der Waals surface area (Å²) in [5.41, 5.74) is -0.836. The van der Waals surface area contributed by atoms with E-state index in [1.807, 2.05) is 20.8 Å². The van der Waals surface area contributed by atoms with Crippen LogP contribution in [0.3, 0.4) is 0 Å². The lowest BCUT2D eigenvalue weighted by molar-refractivity contribution is -0.150. The molecule has 0 spiro atoms. The second-order valence-electron chi connectivity index (χ2n) is 6.85. The molecule has 120 valence electrons. The summed E-state index contributed by atoms with van der Waals surface area (Å²) in [4.78, 5) is 27.4. The molecule has 0 aromatic rings. The molecule has 2 heterocycles. The largest absolute Gasteiger partial charge is 0.481 e. The summed E-state index contributed by atoms with van der Waals surface area (Å²) in [5, 5.41) is 19.4. The minimum Gasteiger partial charge on any atom is -0.481 e. The van der Waals surface area contributed by atoms with Crippen molar-refractivity contribution in [3.05, 3.63) is 0 Å². The Balaban J connectivity index is 2.04. The highest BCUT2D eigenvalue weighted by Gasteiger charge is 2.49. The number of rotatable bonds is 2. The Morgan fingerprint density at radius 2 is 1.90 bits per heavy atom. The van der Waals surface area contributed by atoms with Crippen molar-refractivity contribution in [2.75, 3.05) is 26.2 Å². The number of likely N-dealkylation sites (tertiary alicyclic amines) is 2. The molecule has 0 aromatic heterocycles. The normalized spacial score (nSPS) is 33.6. The molecule has 0 saturated carbocycles. The predicted octanol–water partition coefficient (Wildman–Crippen LogP) is 1.24. The number of carboxylic acid groups (broad SMARTS) is 1. The Hall–Kier alpha value is -1.30. The lowest BCUT2D eigenvalue weighted by atomic mass is 9.76. The number of hydrogen-bond acceptors (Lipinski definition) is 3. The van der Waals surface area contributed by atoms with Crippen LogP contribution in [-0.4, -0.2) is 64.3 Å². The lowest BCUT2D eigenvalue weighted by Gasteiger charge is -2.37. The number of carbonyl (C=O) groups is 2. The molecule has 2 N–H and O–H groups in total. The minimum atomic E-state index is -0.836. The van der Waals surface area contributed by atoms with Crippen molar-refractivity contribution >= 4 is 12.0 Å². The minimum absolute atomic E-state index is 0.0141. The van der Waals surface area contributed by atoms with Gasteiger partial charge in [0.15, 0.2) is 0 Å². The van der Waals surface area contributed by atoms with Gasteiger partial charge in [0.25, 0.3) is 0 Å². The molecule has 2 rings (SSSR count). The summed E-state index contributed by atoms with van der Waals surface area (Å²) >= 11 is 0. The number of nitrogens with zero attached hydrogens (tertiary/aromatic N) is 2. The second kappa shape index (κ2) is 5.83. The molecule has 0 radical (unpaired) electrons. The molecule has 3 unspecified atom stereocenters. The van der Waals surface area contributed by atoms with Crippen molar-refractivity contribution in [1.82, 2.24) is 9.80 Å². The number of carbonyl (C=O) groups excluding carboxylic acids is 1. The maximum Gasteiger partial charge on any atom is 0.320 e. The number of amides is 2. The number of carboxylic acids is 1.